The number of thiazole rings is 1. The summed E-state index contributed by atoms with van der Waals surface area (Å²) in [4.78, 5) is 23.9. The summed E-state index contributed by atoms with van der Waals surface area (Å²) in [7, 11) is 0. The number of aromatic nitrogens is 2. The molecule has 4 aromatic rings. The van der Waals surface area contributed by atoms with Crippen LogP contribution < -0.4 is 14.4 Å². The van der Waals surface area contributed by atoms with Crippen LogP contribution in [0.3, 0.4) is 0 Å². The maximum atomic E-state index is 13.4. The van der Waals surface area contributed by atoms with Crippen molar-refractivity contribution in [2.75, 3.05) is 11.7 Å². The van der Waals surface area contributed by atoms with E-state index < -0.39 is 0 Å². The van der Waals surface area contributed by atoms with E-state index >= 15 is 0 Å². The number of nitrogens with zero attached hydrogens (tertiary/aromatic N) is 3. The molecule has 1 aliphatic heterocycles. The topological polar surface area (TPSA) is 64.6 Å². The lowest BCUT2D eigenvalue weighted by Crippen LogP contribution is -2.30. The molecule has 2 aromatic heterocycles. The van der Waals surface area contributed by atoms with Crippen molar-refractivity contribution in [3.8, 4) is 11.5 Å². The minimum atomic E-state index is -0.183. The molecular weight excluding hydrogens is 410 g/mol. The molecule has 0 unspecified atom stereocenters. The number of carbonyl (C=O) groups excluding carboxylic acids is 1. The standard InChI is InChI=1S/C21H14ClN3O3S/c22-15-4-5-16-19(9-15)29-21(24-16)25(11-13-2-1-7-23-10-13)20(26)14-3-6-17-18(8-14)28-12-27-17/h1-10H,11-12H2. The maximum Gasteiger partial charge on any atom is 0.260 e. The fraction of sp³-hybridized carbons (Fsp3) is 0.0952. The van der Waals surface area contributed by atoms with Gasteiger partial charge < -0.3 is 9.47 Å². The molecule has 0 atom stereocenters. The third-order valence-corrected chi connectivity index (χ3v) is 5.77. The Morgan fingerprint density at radius 2 is 2.03 bits per heavy atom. The molecule has 6 nitrogen and oxygen atoms in total. The van der Waals surface area contributed by atoms with Crippen LogP contribution in [0.1, 0.15) is 15.9 Å². The number of hydrogen-bond acceptors (Lipinski definition) is 6. The Balaban J connectivity index is 1.56. The van der Waals surface area contributed by atoms with Gasteiger partial charge >= 0.3 is 0 Å². The first-order valence-electron chi connectivity index (χ1n) is 8.84. The second-order valence-electron chi connectivity index (χ2n) is 6.43. The molecule has 5 rings (SSSR count). The number of carbonyl (C=O) groups is 1. The molecule has 29 heavy (non-hydrogen) atoms. The number of hydrogen-bond donors (Lipinski definition) is 0. The molecule has 0 aliphatic carbocycles. The molecule has 2 aromatic carbocycles. The number of rotatable bonds is 4. The first-order chi connectivity index (χ1) is 14.2. The largest absolute Gasteiger partial charge is 0.454 e. The second kappa shape index (κ2) is 7.35. The molecule has 1 amide bonds. The summed E-state index contributed by atoms with van der Waals surface area (Å²) in [5.41, 5.74) is 2.19. The maximum absolute atomic E-state index is 13.4. The minimum Gasteiger partial charge on any atom is -0.454 e. The molecule has 0 fully saturated rings. The smallest absolute Gasteiger partial charge is 0.260 e. The Morgan fingerprint density at radius 1 is 1.14 bits per heavy atom. The van der Waals surface area contributed by atoms with Crippen LogP contribution in [-0.4, -0.2) is 22.7 Å². The van der Waals surface area contributed by atoms with Gasteiger partial charge in [-0.05, 0) is 48.0 Å². The average Bonchev–Trinajstić information content (AvgIpc) is 3.38. The van der Waals surface area contributed by atoms with Gasteiger partial charge in [-0.15, -0.1) is 0 Å². The molecular formula is C21H14ClN3O3S. The van der Waals surface area contributed by atoms with Gasteiger partial charge in [0.25, 0.3) is 5.91 Å². The van der Waals surface area contributed by atoms with Crippen molar-refractivity contribution in [3.05, 3.63) is 77.1 Å². The van der Waals surface area contributed by atoms with E-state index in [2.05, 4.69) is 9.97 Å². The Bertz CT molecular complexity index is 1210. The Morgan fingerprint density at radius 3 is 2.90 bits per heavy atom. The minimum absolute atomic E-state index is 0.158. The van der Waals surface area contributed by atoms with E-state index in [9.17, 15) is 4.79 Å². The van der Waals surface area contributed by atoms with Crippen molar-refractivity contribution < 1.29 is 14.3 Å². The van der Waals surface area contributed by atoms with Crippen molar-refractivity contribution in [1.29, 1.82) is 0 Å². The van der Waals surface area contributed by atoms with E-state index in [-0.39, 0.29) is 12.7 Å². The fourth-order valence-electron chi connectivity index (χ4n) is 3.09. The van der Waals surface area contributed by atoms with Gasteiger partial charge in [-0.25, -0.2) is 4.98 Å². The fourth-order valence-corrected chi connectivity index (χ4v) is 4.33. The molecule has 144 valence electrons. The lowest BCUT2D eigenvalue weighted by Gasteiger charge is -2.20. The van der Waals surface area contributed by atoms with Gasteiger partial charge in [-0.2, -0.15) is 0 Å². The van der Waals surface area contributed by atoms with Crippen LogP contribution in [0.5, 0.6) is 11.5 Å². The van der Waals surface area contributed by atoms with Crippen LogP contribution in [0.25, 0.3) is 10.2 Å². The third-order valence-electron chi connectivity index (χ3n) is 4.50. The van der Waals surface area contributed by atoms with E-state index in [0.717, 1.165) is 15.8 Å². The van der Waals surface area contributed by atoms with Crippen molar-refractivity contribution in [2.45, 2.75) is 6.54 Å². The molecule has 3 heterocycles. The summed E-state index contributed by atoms with van der Waals surface area (Å²) in [5.74, 6) is 1.01. The summed E-state index contributed by atoms with van der Waals surface area (Å²) in [6, 6.07) is 14.4. The Hall–Kier alpha value is -3.16. The number of pyridine rings is 1. The summed E-state index contributed by atoms with van der Waals surface area (Å²) in [6.45, 7) is 0.500. The van der Waals surface area contributed by atoms with E-state index in [1.165, 1.54) is 11.3 Å². The van der Waals surface area contributed by atoms with Gasteiger partial charge in [-0.1, -0.05) is 29.0 Å². The third kappa shape index (κ3) is 3.50. The first kappa shape index (κ1) is 17.9. The zero-order valence-electron chi connectivity index (χ0n) is 15.0. The zero-order valence-corrected chi connectivity index (χ0v) is 16.6. The van der Waals surface area contributed by atoms with Crippen molar-refractivity contribution in [3.63, 3.8) is 0 Å². The van der Waals surface area contributed by atoms with Crippen LogP contribution in [-0.2, 0) is 6.54 Å². The van der Waals surface area contributed by atoms with E-state index in [4.69, 9.17) is 21.1 Å². The Labute approximate surface area is 175 Å². The van der Waals surface area contributed by atoms with Crippen molar-refractivity contribution in [2.24, 2.45) is 0 Å². The quantitative estimate of drug-likeness (QED) is 0.466. The van der Waals surface area contributed by atoms with Gasteiger partial charge in [0.2, 0.25) is 6.79 Å². The highest BCUT2D eigenvalue weighted by atomic mass is 35.5. The lowest BCUT2D eigenvalue weighted by atomic mass is 10.1. The zero-order chi connectivity index (χ0) is 19.8. The van der Waals surface area contributed by atoms with E-state index in [1.807, 2.05) is 24.3 Å². The number of halogens is 1. The number of amides is 1. The highest BCUT2D eigenvalue weighted by Crippen LogP contribution is 2.35. The van der Waals surface area contributed by atoms with Crippen molar-refractivity contribution >= 4 is 44.2 Å². The van der Waals surface area contributed by atoms with Crippen LogP contribution in [0.2, 0.25) is 5.02 Å². The van der Waals surface area contributed by atoms with Crippen LogP contribution in [0, 0.1) is 0 Å². The molecule has 0 radical (unpaired) electrons. The summed E-state index contributed by atoms with van der Waals surface area (Å²) in [5, 5.41) is 1.22. The van der Waals surface area contributed by atoms with Crippen LogP contribution in [0.15, 0.2) is 60.9 Å². The first-order valence-corrected chi connectivity index (χ1v) is 10.0. The number of benzene rings is 2. The van der Waals surface area contributed by atoms with Crippen LogP contribution in [0.4, 0.5) is 5.13 Å². The summed E-state index contributed by atoms with van der Waals surface area (Å²) in [6.07, 6.45) is 3.44. The molecule has 0 saturated heterocycles. The molecule has 0 bridgehead atoms. The van der Waals surface area contributed by atoms with E-state index in [0.29, 0.717) is 33.8 Å². The van der Waals surface area contributed by atoms with Gasteiger partial charge in [0.05, 0.1) is 16.8 Å². The molecule has 0 spiro atoms. The molecule has 0 saturated carbocycles. The lowest BCUT2D eigenvalue weighted by molar-refractivity contribution is 0.0984. The molecule has 0 N–H and O–H groups in total. The van der Waals surface area contributed by atoms with Crippen molar-refractivity contribution in [1.82, 2.24) is 9.97 Å². The second-order valence-corrected chi connectivity index (χ2v) is 7.87. The molecule has 8 heteroatoms. The van der Waals surface area contributed by atoms with Gasteiger partial charge in [-0.3, -0.25) is 14.7 Å². The SMILES string of the molecule is O=C(c1ccc2c(c1)OCO2)N(Cc1cccnc1)c1nc2ccc(Cl)cc2s1. The normalized spacial score (nSPS) is 12.3. The highest BCUT2D eigenvalue weighted by molar-refractivity contribution is 7.22. The predicted octanol–water partition coefficient (Wildman–Crippen LogP) is 4.92. The Kier molecular flexibility index (Phi) is 4.54. The predicted molar refractivity (Wildman–Crippen MR) is 112 cm³/mol. The van der Waals surface area contributed by atoms with Gasteiger partial charge in [0.15, 0.2) is 16.6 Å². The molecule has 1 aliphatic rings. The monoisotopic (exact) mass is 423 g/mol. The van der Waals surface area contributed by atoms with Crippen LogP contribution >= 0.6 is 22.9 Å². The van der Waals surface area contributed by atoms with E-state index in [1.54, 1.807) is 41.6 Å². The summed E-state index contributed by atoms with van der Waals surface area (Å²) < 4.78 is 11.7. The average molecular weight is 424 g/mol. The number of fused-ring (bicyclic) bond motifs is 2. The number of anilines is 1. The van der Waals surface area contributed by atoms with Gasteiger partial charge in [0.1, 0.15) is 0 Å². The van der Waals surface area contributed by atoms with Gasteiger partial charge in [0, 0.05) is 23.0 Å². The highest BCUT2D eigenvalue weighted by Gasteiger charge is 2.24. The summed E-state index contributed by atoms with van der Waals surface area (Å²) >= 11 is 7.53. The number of ether oxygens (including phenoxy) is 2.